The minimum absolute atomic E-state index is 0.0287. The molecule has 3 aromatic carbocycles. The van der Waals surface area contributed by atoms with Gasteiger partial charge in [-0.25, -0.2) is 8.60 Å². The third kappa shape index (κ3) is 5.46. The van der Waals surface area contributed by atoms with Crippen molar-refractivity contribution in [1.29, 1.82) is 0 Å². The fourth-order valence-electron chi connectivity index (χ4n) is 3.98. The number of aryl methyl sites for hydroxylation is 2. The van der Waals surface area contributed by atoms with E-state index in [1.807, 2.05) is 30.3 Å². The summed E-state index contributed by atoms with van der Waals surface area (Å²) in [6, 6.07) is 20.7. The Balaban J connectivity index is 1.85. The van der Waals surface area contributed by atoms with Crippen molar-refractivity contribution in [2.24, 2.45) is 0 Å². The third-order valence-corrected chi connectivity index (χ3v) is 6.10. The smallest absolute Gasteiger partial charge is 0.342 e. The highest BCUT2D eigenvalue weighted by Crippen LogP contribution is 2.44. The Morgan fingerprint density at radius 3 is 2.03 bits per heavy atom. The van der Waals surface area contributed by atoms with E-state index in [2.05, 4.69) is 0 Å². The minimum Gasteiger partial charge on any atom is -0.342 e. The van der Waals surface area contributed by atoms with Gasteiger partial charge in [0.1, 0.15) is 11.5 Å². The van der Waals surface area contributed by atoms with E-state index in [9.17, 15) is 21.8 Å². The number of rotatable bonds is 7. The van der Waals surface area contributed by atoms with Crippen LogP contribution in [0.1, 0.15) is 16.8 Å². The van der Waals surface area contributed by atoms with Gasteiger partial charge in [0.25, 0.3) is 0 Å². The number of alkyl halides is 3. The number of nitrogens with zero attached hydrogens (tertiary/aromatic N) is 1. The maximum Gasteiger partial charge on any atom is 0.432 e. The second-order valence-electron chi connectivity index (χ2n) is 7.86. The minimum atomic E-state index is -4.65. The summed E-state index contributed by atoms with van der Waals surface area (Å²) in [6.45, 7) is 0.106. The third-order valence-electron chi connectivity index (χ3n) is 5.52. The normalized spacial score (nSPS) is 12.6. The molecule has 176 valence electrons. The molecule has 0 radical (unpaired) electrons. The molecule has 0 aliphatic carbocycles. The van der Waals surface area contributed by atoms with Crippen LogP contribution in [-0.4, -0.2) is 13.3 Å². The average Bonchev–Trinajstić information content (AvgIpc) is 3.19. The summed E-state index contributed by atoms with van der Waals surface area (Å²) in [6.07, 6.45) is -2.77. The maximum atomic E-state index is 14.4. The van der Waals surface area contributed by atoms with Crippen LogP contribution in [0.5, 0.6) is 0 Å². The predicted molar refractivity (Wildman–Crippen MR) is 125 cm³/mol. The van der Waals surface area contributed by atoms with E-state index >= 15 is 0 Å². The Bertz CT molecular complexity index is 1280. The number of halogens is 4. The first kappa shape index (κ1) is 23.9. The lowest BCUT2D eigenvalue weighted by molar-refractivity contribution is -0.143. The summed E-state index contributed by atoms with van der Waals surface area (Å²) in [4.78, 5) is 0. The van der Waals surface area contributed by atoms with Crippen LogP contribution in [0, 0.1) is 5.82 Å². The lowest BCUT2D eigenvalue weighted by Gasteiger charge is -2.15. The fourth-order valence-corrected chi connectivity index (χ4v) is 4.46. The molecule has 0 spiro atoms. The zero-order valence-corrected chi connectivity index (χ0v) is 18.7. The first-order valence-electron chi connectivity index (χ1n) is 10.5. The highest BCUT2D eigenvalue weighted by Gasteiger charge is 2.39. The van der Waals surface area contributed by atoms with Gasteiger partial charge in [0.15, 0.2) is 11.1 Å². The maximum absolute atomic E-state index is 14.4. The molecule has 3 nitrogen and oxygen atoms in total. The molecule has 1 N–H and O–H groups in total. The largest absolute Gasteiger partial charge is 0.432 e. The Morgan fingerprint density at radius 1 is 0.824 bits per heavy atom. The molecule has 1 aromatic heterocycles. The first-order valence-corrected chi connectivity index (χ1v) is 11.8. The van der Waals surface area contributed by atoms with Crippen LogP contribution in [0.4, 0.5) is 17.6 Å². The highest BCUT2D eigenvalue weighted by molar-refractivity contribution is 7.78. The topological polar surface area (TPSA) is 42.2 Å². The Hall–Kier alpha value is -3.23. The number of aromatic nitrogens is 1. The van der Waals surface area contributed by atoms with Crippen LogP contribution in [0.2, 0.25) is 0 Å². The summed E-state index contributed by atoms with van der Waals surface area (Å²) < 4.78 is 78.1. The van der Waals surface area contributed by atoms with Crippen molar-refractivity contribution < 1.29 is 26.3 Å². The molecule has 0 aliphatic heterocycles. The SMILES string of the molecule is O=S(O)Cc1ccc(-c2cn(CCc3ccccc3)c(C(F)(F)F)c2-c2ccc(F)cc2)cc1. The van der Waals surface area contributed by atoms with Crippen molar-refractivity contribution in [1.82, 2.24) is 4.57 Å². The number of benzene rings is 3. The van der Waals surface area contributed by atoms with Crippen LogP contribution in [0.15, 0.2) is 85.1 Å². The van der Waals surface area contributed by atoms with Crippen molar-refractivity contribution >= 4 is 11.1 Å². The molecule has 0 bridgehead atoms. The quantitative estimate of drug-likeness (QED) is 0.227. The van der Waals surface area contributed by atoms with Gasteiger partial charge in [0.2, 0.25) is 0 Å². The molecule has 34 heavy (non-hydrogen) atoms. The van der Waals surface area contributed by atoms with Gasteiger partial charge in [-0.2, -0.15) is 13.2 Å². The molecule has 0 fully saturated rings. The van der Waals surface area contributed by atoms with E-state index in [4.69, 9.17) is 4.55 Å². The number of hydrogen-bond donors (Lipinski definition) is 1. The summed E-state index contributed by atoms with van der Waals surface area (Å²) in [5.41, 5.74) is 1.80. The van der Waals surface area contributed by atoms with Crippen LogP contribution in [0.3, 0.4) is 0 Å². The fraction of sp³-hybridized carbons (Fsp3) is 0.154. The molecule has 0 aliphatic rings. The Kier molecular flexibility index (Phi) is 7.00. The van der Waals surface area contributed by atoms with E-state index < -0.39 is 28.8 Å². The van der Waals surface area contributed by atoms with E-state index in [0.717, 1.165) is 17.7 Å². The van der Waals surface area contributed by atoms with Gasteiger partial charge in [-0.1, -0.05) is 66.7 Å². The molecule has 1 heterocycles. The van der Waals surface area contributed by atoms with Crippen molar-refractivity contribution in [3.63, 3.8) is 0 Å². The van der Waals surface area contributed by atoms with Crippen LogP contribution in [0.25, 0.3) is 22.3 Å². The van der Waals surface area contributed by atoms with Gasteiger partial charge < -0.3 is 9.12 Å². The molecule has 1 unspecified atom stereocenters. The zero-order chi connectivity index (χ0) is 24.3. The molecule has 1 atom stereocenters. The summed E-state index contributed by atoms with van der Waals surface area (Å²) in [5.74, 6) is -0.611. The van der Waals surface area contributed by atoms with Gasteiger partial charge in [0.05, 0.1) is 5.75 Å². The molecule has 0 saturated carbocycles. The highest BCUT2D eigenvalue weighted by atomic mass is 32.2. The second kappa shape index (κ2) is 9.95. The molecule has 0 saturated heterocycles. The van der Waals surface area contributed by atoms with Gasteiger partial charge in [-0.3, -0.25) is 0 Å². The predicted octanol–water partition coefficient (Wildman–Crippen LogP) is 6.94. The lowest BCUT2D eigenvalue weighted by Crippen LogP contribution is -2.15. The molecule has 4 aromatic rings. The molecular formula is C26H21F4NO2S. The van der Waals surface area contributed by atoms with Gasteiger partial charge >= 0.3 is 6.18 Å². The van der Waals surface area contributed by atoms with E-state index in [1.54, 1.807) is 24.3 Å². The Morgan fingerprint density at radius 2 is 1.44 bits per heavy atom. The van der Waals surface area contributed by atoms with Crippen molar-refractivity contribution in [3.8, 4) is 22.3 Å². The van der Waals surface area contributed by atoms with E-state index in [0.29, 0.717) is 23.1 Å². The van der Waals surface area contributed by atoms with Gasteiger partial charge in [-0.05, 0) is 40.8 Å². The monoisotopic (exact) mass is 487 g/mol. The van der Waals surface area contributed by atoms with E-state index in [-0.39, 0.29) is 23.4 Å². The van der Waals surface area contributed by atoms with Crippen molar-refractivity contribution in [2.75, 3.05) is 0 Å². The lowest BCUT2D eigenvalue weighted by atomic mass is 9.96. The zero-order valence-electron chi connectivity index (χ0n) is 17.9. The second-order valence-corrected chi connectivity index (χ2v) is 8.79. The molecular weight excluding hydrogens is 466 g/mol. The summed E-state index contributed by atoms with van der Waals surface area (Å²) in [5, 5.41) is 0. The first-order chi connectivity index (χ1) is 16.2. The standard InChI is InChI=1S/C26H21F4NO2S/c27-22-12-10-21(11-13-22)24-23(20-8-6-19(7-9-20)17-34(32)33)16-31(25(24)26(28,29)30)15-14-18-4-2-1-3-5-18/h1-13,16H,14-15,17H2,(H,32,33). The molecule has 4 rings (SSSR count). The van der Waals surface area contributed by atoms with Gasteiger partial charge in [-0.15, -0.1) is 0 Å². The summed E-state index contributed by atoms with van der Waals surface area (Å²) in [7, 11) is 0. The number of hydrogen-bond acceptors (Lipinski definition) is 1. The van der Waals surface area contributed by atoms with E-state index in [1.165, 1.54) is 22.9 Å². The van der Waals surface area contributed by atoms with Crippen molar-refractivity contribution in [3.05, 3.63) is 108 Å². The Labute approximate surface area is 197 Å². The average molecular weight is 488 g/mol. The van der Waals surface area contributed by atoms with Crippen LogP contribution in [-0.2, 0) is 36.0 Å². The van der Waals surface area contributed by atoms with Crippen LogP contribution < -0.4 is 0 Å². The molecule has 8 heteroatoms. The van der Waals surface area contributed by atoms with Gasteiger partial charge in [0, 0.05) is 23.9 Å². The molecule has 0 amide bonds. The van der Waals surface area contributed by atoms with Crippen molar-refractivity contribution in [2.45, 2.75) is 24.9 Å². The van der Waals surface area contributed by atoms with Crippen LogP contribution >= 0.6 is 0 Å². The summed E-state index contributed by atoms with van der Waals surface area (Å²) >= 11 is -2.02.